The predicted molar refractivity (Wildman–Crippen MR) is 228 cm³/mol. The third-order valence-electron chi connectivity index (χ3n) is 11.2. The van der Waals surface area contributed by atoms with Crippen molar-refractivity contribution in [2.45, 2.75) is 66.7 Å². The van der Waals surface area contributed by atoms with Crippen LogP contribution in [0.5, 0.6) is 0 Å². The molecule has 0 nitrogen and oxygen atoms in total. The molecule has 0 aliphatic heterocycles. The van der Waals surface area contributed by atoms with Crippen LogP contribution in [0, 0.1) is 20.8 Å². The molecule has 8 aromatic carbocycles. The van der Waals surface area contributed by atoms with E-state index in [2.05, 4.69) is 195 Å². The van der Waals surface area contributed by atoms with E-state index >= 15 is 0 Å². The second-order valence-corrected chi connectivity index (χ2v) is 16.1. The quantitative estimate of drug-likeness (QED) is 0.160. The molecule has 0 unspecified atom stereocenters. The standard InChI is InChI=1S/C52H48/c1-32(2)36-20-22-39(23-21-36)48-43-29-33(3)19-28-42(43)46(37-15-11-9-12-16-37)50-49(40-24-26-41(27-25-40)52(6,7)8)45-31-35(5)34(4)30-44(45)47(51(48)50)38-17-13-10-14-18-38/h9-32H,1-8H3. The molecule has 8 aromatic rings. The molecule has 0 fully saturated rings. The molecular weight excluding hydrogens is 625 g/mol. The second kappa shape index (κ2) is 12.9. The summed E-state index contributed by atoms with van der Waals surface area (Å²) in [6.07, 6.45) is 0. The molecule has 0 heterocycles. The molecule has 0 aromatic heterocycles. The molecular formula is C52H48. The molecule has 0 aliphatic rings. The molecule has 52 heavy (non-hydrogen) atoms. The third-order valence-corrected chi connectivity index (χ3v) is 11.2. The molecule has 0 spiro atoms. The number of hydrogen-bond donors (Lipinski definition) is 0. The van der Waals surface area contributed by atoms with Crippen LogP contribution in [-0.2, 0) is 5.41 Å². The van der Waals surface area contributed by atoms with Crippen molar-refractivity contribution in [3.8, 4) is 44.5 Å². The Labute approximate surface area is 309 Å². The van der Waals surface area contributed by atoms with Crippen molar-refractivity contribution in [1.82, 2.24) is 0 Å². The molecule has 0 radical (unpaired) electrons. The topological polar surface area (TPSA) is 0 Å². The van der Waals surface area contributed by atoms with Gasteiger partial charge in [-0.3, -0.25) is 0 Å². The maximum atomic E-state index is 2.45. The molecule has 0 aliphatic carbocycles. The van der Waals surface area contributed by atoms with Crippen LogP contribution in [-0.4, -0.2) is 0 Å². The van der Waals surface area contributed by atoms with Gasteiger partial charge in [0.2, 0.25) is 0 Å². The van der Waals surface area contributed by atoms with Crippen molar-refractivity contribution in [3.63, 3.8) is 0 Å². The Bertz CT molecular complexity index is 2600. The summed E-state index contributed by atoms with van der Waals surface area (Å²) in [7, 11) is 0. The van der Waals surface area contributed by atoms with Gasteiger partial charge in [-0.25, -0.2) is 0 Å². The first-order valence-corrected chi connectivity index (χ1v) is 18.8. The largest absolute Gasteiger partial charge is 0.0622 e. The summed E-state index contributed by atoms with van der Waals surface area (Å²) in [5, 5.41) is 7.78. The Balaban J connectivity index is 1.72. The molecule has 0 saturated carbocycles. The number of rotatable bonds is 5. The molecule has 0 saturated heterocycles. The van der Waals surface area contributed by atoms with Crippen molar-refractivity contribution in [1.29, 1.82) is 0 Å². The molecule has 0 N–H and O–H groups in total. The van der Waals surface area contributed by atoms with E-state index in [1.807, 2.05) is 0 Å². The third kappa shape index (κ3) is 5.72. The van der Waals surface area contributed by atoms with Crippen LogP contribution in [0.25, 0.3) is 76.8 Å². The first kappa shape index (κ1) is 33.7. The van der Waals surface area contributed by atoms with Crippen molar-refractivity contribution >= 4 is 32.3 Å². The van der Waals surface area contributed by atoms with Gasteiger partial charge in [0.25, 0.3) is 0 Å². The fourth-order valence-corrected chi connectivity index (χ4v) is 8.18. The van der Waals surface area contributed by atoms with E-state index in [4.69, 9.17) is 0 Å². The molecule has 256 valence electrons. The zero-order valence-corrected chi connectivity index (χ0v) is 31.9. The average Bonchev–Trinajstić information content (AvgIpc) is 3.14. The lowest BCUT2D eigenvalue weighted by Gasteiger charge is -2.26. The normalized spacial score (nSPS) is 12.0. The lowest BCUT2D eigenvalue weighted by molar-refractivity contribution is 0.590. The molecule has 0 heteroatoms. The van der Waals surface area contributed by atoms with Gasteiger partial charge in [0, 0.05) is 0 Å². The first-order chi connectivity index (χ1) is 25.0. The van der Waals surface area contributed by atoms with E-state index < -0.39 is 0 Å². The fourth-order valence-electron chi connectivity index (χ4n) is 8.18. The summed E-state index contributed by atoms with van der Waals surface area (Å²) in [6.45, 7) is 18.2. The fraction of sp³-hybridized carbons (Fsp3) is 0.192. The smallest absolute Gasteiger partial charge is 0.000139 e. The minimum absolute atomic E-state index is 0.0616. The Hall–Kier alpha value is -5.46. The predicted octanol–water partition coefficient (Wildman–Crippen LogP) is 15.2. The van der Waals surface area contributed by atoms with Crippen molar-refractivity contribution in [2.75, 3.05) is 0 Å². The van der Waals surface area contributed by atoms with Crippen molar-refractivity contribution in [2.24, 2.45) is 0 Å². The van der Waals surface area contributed by atoms with Gasteiger partial charge in [0.1, 0.15) is 0 Å². The Morgan fingerprint density at radius 3 is 1.25 bits per heavy atom. The highest BCUT2D eigenvalue weighted by atomic mass is 14.3. The minimum atomic E-state index is 0.0616. The van der Waals surface area contributed by atoms with E-state index in [1.54, 1.807) is 0 Å². The maximum absolute atomic E-state index is 2.45. The van der Waals surface area contributed by atoms with Crippen molar-refractivity contribution < 1.29 is 0 Å². The van der Waals surface area contributed by atoms with E-state index in [-0.39, 0.29) is 5.41 Å². The highest BCUT2D eigenvalue weighted by molar-refractivity contribution is 6.34. The van der Waals surface area contributed by atoms with Crippen LogP contribution in [0.3, 0.4) is 0 Å². The first-order valence-electron chi connectivity index (χ1n) is 18.8. The Kier molecular flexibility index (Phi) is 8.38. The Morgan fingerprint density at radius 2 is 0.808 bits per heavy atom. The van der Waals surface area contributed by atoms with Gasteiger partial charge in [-0.05, 0) is 131 Å². The van der Waals surface area contributed by atoms with Gasteiger partial charge >= 0.3 is 0 Å². The summed E-state index contributed by atoms with van der Waals surface area (Å²) in [5.74, 6) is 0.461. The van der Waals surface area contributed by atoms with Gasteiger partial charge in [-0.1, -0.05) is 180 Å². The lowest BCUT2D eigenvalue weighted by Crippen LogP contribution is -2.10. The number of benzene rings is 8. The van der Waals surface area contributed by atoms with Crippen LogP contribution in [0.15, 0.2) is 140 Å². The van der Waals surface area contributed by atoms with Crippen LogP contribution in [0.1, 0.15) is 68.4 Å². The van der Waals surface area contributed by atoms with Gasteiger partial charge in [-0.2, -0.15) is 0 Å². The van der Waals surface area contributed by atoms with Crippen LogP contribution < -0.4 is 0 Å². The summed E-state index contributed by atoms with van der Waals surface area (Å²) >= 11 is 0. The SMILES string of the molecule is Cc1ccc2c(-c3ccccc3)c3c(-c4ccc(C(C)(C)C)cc4)c4cc(C)c(C)cc4c(-c4ccccc4)c3c(-c3ccc(C(C)C)cc3)c2c1. The average molecular weight is 673 g/mol. The van der Waals surface area contributed by atoms with Gasteiger partial charge in [-0.15, -0.1) is 0 Å². The van der Waals surface area contributed by atoms with Crippen LogP contribution in [0.2, 0.25) is 0 Å². The lowest BCUT2D eigenvalue weighted by atomic mass is 9.76. The molecule has 0 atom stereocenters. The number of fused-ring (bicyclic) bond motifs is 3. The Morgan fingerprint density at radius 1 is 0.404 bits per heavy atom. The van der Waals surface area contributed by atoms with E-state index in [0.717, 1.165) is 0 Å². The summed E-state index contributed by atoms with van der Waals surface area (Å²) < 4.78 is 0. The van der Waals surface area contributed by atoms with Crippen LogP contribution in [0.4, 0.5) is 0 Å². The van der Waals surface area contributed by atoms with Crippen molar-refractivity contribution in [3.05, 3.63) is 167 Å². The van der Waals surface area contributed by atoms with E-state index in [1.165, 1.54) is 105 Å². The van der Waals surface area contributed by atoms with Crippen LogP contribution >= 0.6 is 0 Å². The van der Waals surface area contributed by atoms with E-state index in [0.29, 0.717) is 5.92 Å². The summed E-state index contributed by atoms with van der Waals surface area (Å²) in [6, 6.07) is 53.0. The minimum Gasteiger partial charge on any atom is -0.0622 e. The molecule has 8 rings (SSSR count). The summed E-state index contributed by atoms with van der Waals surface area (Å²) in [5.41, 5.74) is 16.8. The van der Waals surface area contributed by atoms with Gasteiger partial charge < -0.3 is 0 Å². The zero-order valence-electron chi connectivity index (χ0n) is 31.9. The van der Waals surface area contributed by atoms with Gasteiger partial charge in [0.15, 0.2) is 0 Å². The zero-order chi connectivity index (χ0) is 36.3. The highest BCUT2D eigenvalue weighted by Crippen LogP contribution is 2.54. The molecule has 0 amide bonds. The monoisotopic (exact) mass is 672 g/mol. The van der Waals surface area contributed by atoms with E-state index in [9.17, 15) is 0 Å². The second-order valence-electron chi connectivity index (χ2n) is 16.1. The van der Waals surface area contributed by atoms with Gasteiger partial charge in [0.05, 0.1) is 0 Å². The maximum Gasteiger partial charge on any atom is -0.000139 e. The summed E-state index contributed by atoms with van der Waals surface area (Å²) in [4.78, 5) is 0. The highest BCUT2D eigenvalue weighted by Gasteiger charge is 2.27. The number of aryl methyl sites for hydroxylation is 3. The molecule has 0 bridgehead atoms. The number of hydrogen-bond acceptors (Lipinski definition) is 0.